The van der Waals surface area contributed by atoms with Crippen LogP contribution in [0.2, 0.25) is 0 Å². The first-order chi connectivity index (χ1) is 7.24. The second kappa shape index (κ2) is 6.72. The van der Waals surface area contributed by atoms with Crippen LogP contribution in [0, 0.1) is 5.82 Å². The summed E-state index contributed by atoms with van der Waals surface area (Å²) in [5.41, 5.74) is 0. The molecule has 84 valence electrons. The van der Waals surface area contributed by atoms with Crippen LogP contribution < -0.4 is 4.74 Å². The fourth-order valence-corrected chi connectivity index (χ4v) is 1.51. The minimum absolute atomic E-state index is 0.305. The van der Waals surface area contributed by atoms with E-state index in [-0.39, 0.29) is 5.82 Å². The average molecular weight is 228 g/mol. The van der Waals surface area contributed by atoms with Crippen LogP contribution in [0.3, 0.4) is 0 Å². The van der Waals surface area contributed by atoms with Crippen molar-refractivity contribution in [3.05, 3.63) is 24.0 Å². The van der Waals surface area contributed by atoms with Gasteiger partial charge in [-0.2, -0.15) is 0 Å². The molecule has 0 aliphatic rings. The van der Waals surface area contributed by atoms with Crippen LogP contribution in [0.1, 0.15) is 32.6 Å². The summed E-state index contributed by atoms with van der Waals surface area (Å²) in [5, 5.41) is 0. The van der Waals surface area contributed by atoms with Crippen LogP contribution in [0.15, 0.2) is 23.1 Å². The van der Waals surface area contributed by atoms with Crippen molar-refractivity contribution in [3.63, 3.8) is 0 Å². The first kappa shape index (κ1) is 12.4. The number of rotatable bonds is 6. The monoisotopic (exact) mass is 228 g/mol. The zero-order valence-electron chi connectivity index (χ0n) is 9.00. The lowest BCUT2D eigenvalue weighted by Crippen LogP contribution is -1.99. The van der Waals surface area contributed by atoms with E-state index in [0.717, 1.165) is 17.7 Å². The highest BCUT2D eigenvalue weighted by atomic mass is 32.1. The topological polar surface area (TPSA) is 9.23 Å². The molecule has 0 heterocycles. The van der Waals surface area contributed by atoms with Crippen molar-refractivity contribution in [3.8, 4) is 5.75 Å². The molecule has 0 spiro atoms. The molecule has 15 heavy (non-hydrogen) atoms. The van der Waals surface area contributed by atoms with Gasteiger partial charge in [0.1, 0.15) is 0 Å². The first-order valence-electron chi connectivity index (χ1n) is 5.35. The number of ether oxygens (including phenoxy) is 1. The van der Waals surface area contributed by atoms with Gasteiger partial charge in [-0.05, 0) is 24.6 Å². The number of benzene rings is 1. The van der Waals surface area contributed by atoms with Gasteiger partial charge in [-0.25, -0.2) is 4.39 Å². The van der Waals surface area contributed by atoms with E-state index in [4.69, 9.17) is 4.74 Å². The molecule has 0 radical (unpaired) electrons. The summed E-state index contributed by atoms with van der Waals surface area (Å²) in [6.45, 7) is 2.74. The van der Waals surface area contributed by atoms with E-state index in [0.29, 0.717) is 12.4 Å². The van der Waals surface area contributed by atoms with Gasteiger partial charge in [-0.15, -0.1) is 12.6 Å². The van der Waals surface area contributed by atoms with Crippen molar-refractivity contribution in [1.29, 1.82) is 0 Å². The highest BCUT2D eigenvalue weighted by molar-refractivity contribution is 7.80. The molecule has 0 N–H and O–H groups in total. The summed E-state index contributed by atoms with van der Waals surface area (Å²) in [7, 11) is 0. The van der Waals surface area contributed by atoms with E-state index in [9.17, 15) is 4.39 Å². The Morgan fingerprint density at radius 1 is 1.27 bits per heavy atom. The third-order valence-corrected chi connectivity index (χ3v) is 2.45. The smallest absolute Gasteiger partial charge is 0.165 e. The van der Waals surface area contributed by atoms with Crippen LogP contribution in [0.4, 0.5) is 4.39 Å². The Labute approximate surface area is 96.1 Å². The van der Waals surface area contributed by atoms with Crippen LogP contribution in [0.5, 0.6) is 5.75 Å². The van der Waals surface area contributed by atoms with Gasteiger partial charge < -0.3 is 4.74 Å². The van der Waals surface area contributed by atoms with E-state index in [2.05, 4.69) is 19.6 Å². The van der Waals surface area contributed by atoms with Crippen molar-refractivity contribution in [1.82, 2.24) is 0 Å². The highest BCUT2D eigenvalue weighted by Crippen LogP contribution is 2.21. The maximum atomic E-state index is 13.2. The Hall–Kier alpha value is -0.700. The molecular formula is C12H17FOS. The van der Waals surface area contributed by atoms with Gasteiger partial charge in [0, 0.05) is 4.90 Å². The largest absolute Gasteiger partial charge is 0.490 e. The van der Waals surface area contributed by atoms with E-state index in [1.807, 2.05) is 0 Å². The lowest BCUT2D eigenvalue weighted by Gasteiger charge is -2.07. The lowest BCUT2D eigenvalue weighted by molar-refractivity contribution is 0.290. The highest BCUT2D eigenvalue weighted by Gasteiger charge is 2.02. The van der Waals surface area contributed by atoms with Gasteiger partial charge in [0.2, 0.25) is 0 Å². The third kappa shape index (κ3) is 4.56. The summed E-state index contributed by atoms with van der Waals surface area (Å²) < 4.78 is 18.5. The predicted octanol–water partition coefficient (Wildman–Crippen LogP) is 4.07. The molecule has 0 saturated carbocycles. The number of hydrogen-bond acceptors (Lipinski definition) is 2. The molecule has 0 atom stereocenters. The summed E-state index contributed by atoms with van der Waals surface area (Å²) >= 11 is 4.13. The molecule has 0 aromatic heterocycles. The maximum absolute atomic E-state index is 13.2. The maximum Gasteiger partial charge on any atom is 0.165 e. The van der Waals surface area contributed by atoms with Gasteiger partial charge >= 0.3 is 0 Å². The van der Waals surface area contributed by atoms with Crippen LogP contribution in [-0.2, 0) is 0 Å². The molecule has 0 saturated heterocycles. The van der Waals surface area contributed by atoms with Gasteiger partial charge in [-0.1, -0.05) is 26.2 Å². The summed E-state index contributed by atoms with van der Waals surface area (Å²) in [4.78, 5) is 0.722. The lowest BCUT2D eigenvalue weighted by atomic mass is 10.2. The van der Waals surface area contributed by atoms with Gasteiger partial charge in [0.05, 0.1) is 6.61 Å². The summed E-state index contributed by atoms with van der Waals surface area (Å²) in [5.74, 6) is -0.0118. The number of thiol groups is 1. The van der Waals surface area contributed by atoms with Crippen molar-refractivity contribution >= 4 is 12.6 Å². The number of hydrogen-bond donors (Lipinski definition) is 1. The first-order valence-corrected chi connectivity index (χ1v) is 5.80. The summed E-state index contributed by atoms with van der Waals surface area (Å²) in [6, 6.07) is 4.60. The van der Waals surface area contributed by atoms with Crippen molar-refractivity contribution in [2.45, 2.75) is 37.5 Å². The Morgan fingerprint density at radius 2 is 2.07 bits per heavy atom. The Balaban J connectivity index is 2.33. The molecule has 0 aliphatic heterocycles. The molecule has 0 bridgehead atoms. The molecule has 0 fully saturated rings. The molecule has 1 aromatic rings. The quantitative estimate of drug-likeness (QED) is 0.570. The fraction of sp³-hybridized carbons (Fsp3) is 0.500. The van der Waals surface area contributed by atoms with Gasteiger partial charge in [-0.3, -0.25) is 0 Å². The Bertz CT molecular complexity index is 302. The Morgan fingerprint density at radius 3 is 2.80 bits per heavy atom. The average Bonchev–Trinajstić information content (AvgIpc) is 2.23. The second-order valence-electron chi connectivity index (χ2n) is 3.52. The molecule has 1 aromatic carbocycles. The molecule has 1 nitrogen and oxygen atoms in total. The van der Waals surface area contributed by atoms with E-state index in [1.54, 1.807) is 12.1 Å². The van der Waals surface area contributed by atoms with E-state index < -0.39 is 0 Å². The molecule has 1 rings (SSSR count). The van der Waals surface area contributed by atoms with Crippen molar-refractivity contribution in [2.24, 2.45) is 0 Å². The minimum atomic E-state index is -0.316. The second-order valence-corrected chi connectivity index (χ2v) is 4.04. The zero-order chi connectivity index (χ0) is 11.1. The van der Waals surface area contributed by atoms with Crippen LogP contribution in [-0.4, -0.2) is 6.61 Å². The standard InChI is InChI=1S/C12H17FOS/c1-2-3-4-5-8-14-12-9-10(15)6-7-11(12)13/h6-7,9,15H,2-5,8H2,1H3. The zero-order valence-corrected chi connectivity index (χ0v) is 9.90. The molecular weight excluding hydrogens is 211 g/mol. The van der Waals surface area contributed by atoms with Gasteiger partial charge in [0.25, 0.3) is 0 Å². The van der Waals surface area contributed by atoms with Crippen molar-refractivity contribution < 1.29 is 9.13 Å². The van der Waals surface area contributed by atoms with Gasteiger partial charge in [0.15, 0.2) is 11.6 Å². The number of unbranched alkanes of at least 4 members (excludes halogenated alkanes) is 3. The SMILES string of the molecule is CCCCCCOc1cc(S)ccc1F. The minimum Gasteiger partial charge on any atom is -0.490 e. The number of halogens is 1. The Kier molecular flexibility index (Phi) is 5.54. The van der Waals surface area contributed by atoms with Crippen LogP contribution in [0.25, 0.3) is 0 Å². The van der Waals surface area contributed by atoms with E-state index >= 15 is 0 Å². The predicted molar refractivity (Wildman–Crippen MR) is 63.3 cm³/mol. The normalized spacial score (nSPS) is 10.3. The van der Waals surface area contributed by atoms with E-state index in [1.165, 1.54) is 18.9 Å². The third-order valence-electron chi connectivity index (χ3n) is 2.17. The fourth-order valence-electron chi connectivity index (χ4n) is 1.31. The molecule has 0 amide bonds. The van der Waals surface area contributed by atoms with Crippen molar-refractivity contribution in [2.75, 3.05) is 6.61 Å². The summed E-state index contributed by atoms with van der Waals surface area (Å²) in [6.07, 6.45) is 4.52. The molecule has 3 heteroatoms. The molecule has 0 unspecified atom stereocenters. The molecule has 0 aliphatic carbocycles. The van der Waals surface area contributed by atoms with Crippen LogP contribution >= 0.6 is 12.6 Å².